The first-order chi connectivity index (χ1) is 6.08. The molecule has 0 aromatic carbocycles. The summed E-state index contributed by atoms with van der Waals surface area (Å²) in [6.07, 6.45) is 3.99. The molecule has 0 aliphatic rings. The summed E-state index contributed by atoms with van der Waals surface area (Å²) in [5.74, 6) is -0.400. The Hall–Kier alpha value is -0.830. The van der Waals surface area contributed by atoms with Crippen LogP contribution in [-0.2, 0) is 9.53 Å². The number of carbonyl (C=O) groups is 1. The van der Waals surface area contributed by atoms with Gasteiger partial charge in [-0.3, -0.25) is 0 Å². The summed E-state index contributed by atoms with van der Waals surface area (Å²) in [7, 11) is 0. The first-order valence-corrected chi connectivity index (χ1v) is 4.66. The molecule has 0 spiro atoms. The van der Waals surface area contributed by atoms with Gasteiger partial charge in [0, 0.05) is 6.08 Å². The Morgan fingerprint density at radius 1 is 1.38 bits per heavy atom. The fraction of sp³-hybridized carbons (Fsp3) is 0.700. The molecule has 0 radical (unpaired) electrons. The van der Waals surface area contributed by atoms with E-state index in [1.54, 1.807) is 6.92 Å². The van der Waals surface area contributed by atoms with Crippen molar-refractivity contribution in [1.82, 2.24) is 0 Å². The normalized spacial score (nSPS) is 12.0. The third-order valence-electron chi connectivity index (χ3n) is 2.04. The average molecular weight is 186 g/mol. The van der Waals surface area contributed by atoms with Gasteiger partial charge in [-0.1, -0.05) is 13.8 Å². The molecular formula is C10H18O3. The maximum atomic E-state index is 10.9. The minimum absolute atomic E-state index is 0.361. The van der Waals surface area contributed by atoms with Crippen LogP contribution in [-0.4, -0.2) is 23.3 Å². The van der Waals surface area contributed by atoms with E-state index < -0.39 is 11.6 Å². The highest BCUT2D eigenvalue weighted by Crippen LogP contribution is 2.15. The zero-order valence-corrected chi connectivity index (χ0v) is 8.54. The van der Waals surface area contributed by atoms with Gasteiger partial charge >= 0.3 is 5.97 Å². The molecule has 0 aliphatic carbocycles. The molecule has 0 saturated heterocycles. The van der Waals surface area contributed by atoms with Crippen LogP contribution < -0.4 is 0 Å². The van der Waals surface area contributed by atoms with Crippen LogP contribution in [0.1, 0.15) is 33.6 Å². The van der Waals surface area contributed by atoms with E-state index in [0.29, 0.717) is 19.4 Å². The molecule has 76 valence electrons. The monoisotopic (exact) mass is 186 g/mol. The quantitative estimate of drug-likeness (QED) is 0.524. The van der Waals surface area contributed by atoms with Gasteiger partial charge in [0.25, 0.3) is 0 Å². The van der Waals surface area contributed by atoms with Crippen molar-refractivity contribution >= 4 is 5.97 Å². The number of hydrogen-bond donors (Lipinski definition) is 1. The van der Waals surface area contributed by atoms with E-state index in [9.17, 15) is 9.90 Å². The Balaban J connectivity index is 4.14. The van der Waals surface area contributed by atoms with Gasteiger partial charge in [-0.2, -0.15) is 0 Å². The minimum Gasteiger partial charge on any atom is -0.463 e. The largest absolute Gasteiger partial charge is 0.463 e. The van der Waals surface area contributed by atoms with E-state index in [-0.39, 0.29) is 0 Å². The summed E-state index contributed by atoms with van der Waals surface area (Å²) in [4.78, 5) is 10.9. The zero-order valence-electron chi connectivity index (χ0n) is 8.54. The third kappa shape index (κ3) is 4.68. The fourth-order valence-electron chi connectivity index (χ4n) is 0.899. The first-order valence-electron chi connectivity index (χ1n) is 4.66. The van der Waals surface area contributed by atoms with Crippen LogP contribution in [0.4, 0.5) is 0 Å². The van der Waals surface area contributed by atoms with Gasteiger partial charge < -0.3 is 9.84 Å². The van der Waals surface area contributed by atoms with Crippen molar-refractivity contribution < 1.29 is 14.6 Å². The van der Waals surface area contributed by atoms with Crippen LogP contribution in [0, 0.1) is 0 Å². The van der Waals surface area contributed by atoms with E-state index in [1.807, 2.05) is 13.8 Å². The third-order valence-corrected chi connectivity index (χ3v) is 2.04. The predicted molar refractivity (Wildman–Crippen MR) is 51.3 cm³/mol. The van der Waals surface area contributed by atoms with Crippen LogP contribution in [0.3, 0.4) is 0 Å². The second-order valence-corrected chi connectivity index (χ2v) is 2.90. The molecule has 3 nitrogen and oxygen atoms in total. The highest BCUT2D eigenvalue weighted by atomic mass is 16.5. The molecule has 0 aliphatic heterocycles. The molecule has 3 heteroatoms. The topological polar surface area (TPSA) is 46.5 Å². The van der Waals surface area contributed by atoms with Crippen molar-refractivity contribution in [3.63, 3.8) is 0 Å². The number of aliphatic hydroxyl groups is 1. The van der Waals surface area contributed by atoms with Crippen LogP contribution in [0.5, 0.6) is 0 Å². The summed E-state index contributed by atoms with van der Waals surface area (Å²) in [6.45, 7) is 5.86. The molecule has 0 amide bonds. The lowest BCUT2D eigenvalue weighted by Crippen LogP contribution is -2.23. The SMILES string of the molecule is CCOC(=O)/C=C/C(O)(CC)CC. The van der Waals surface area contributed by atoms with E-state index in [0.717, 1.165) is 0 Å². The highest BCUT2D eigenvalue weighted by Gasteiger charge is 2.17. The average Bonchev–Trinajstić information content (AvgIpc) is 2.15. The number of ether oxygens (including phenoxy) is 1. The lowest BCUT2D eigenvalue weighted by Gasteiger charge is -2.19. The van der Waals surface area contributed by atoms with Crippen molar-refractivity contribution in [1.29, 1.82) is 0 Å². The van der Waals surface area contributed by atoms with Crippen molar-refractivity contribution in [2.24, 2.45) is 0 Å². The van der Waals surface area contributed by atoms with Gasteiger partial charge in [0.05, 0.1) is 12.2 Å². The molecule has 0 bridgehead atoms. The summed E-state index contributed by atoms with van der Waals surface area (Å²) in [5.41, 5.74) is -0.868. The van der Waals surface area contributed by atoms with E-state index >= 15 is 0 Å². The van der Waals surface area contributed by atoms with Gasteiger partial charge in [-0.05, 0) is 25.8 Å². The summed E-state index contributed by atoms with van der Waals surface area (Å²) < 4.78 is 4.69. The standard InChI is InChI=1S/C10H18O3/c1-4-10(12,5-2)8-7-9(11)13-6-3/h7-8,12H,4-6H2,1-3H3/b8-7+. The van der Waals surface area contributed by atoms with Gasteiger partial charge in [-0.25, -0.2) is 4.79 Å². The lowest BCUT2D eigenvalue weighted by molar-refractivity contribution is -0.137. The van der Waals surface area contributed by atoms with E-state index in [1.165, 1.54) is 12.2 Å². The van der Waals surface area contributed by atoms with Crippen LogP contribution in [0.2, 0.25) is 0 Å². The second-order valence-electron chi connectivity index (χ2n) is 2.90. The van der Waals surface area contributed by atoms with Crippen LogP contribution in [0.15, 0.2) is 12.2 Å². The van der Waals surface area contributed by atoms with Gasteiger partial charge in [0.1, 0.15) is 0 Å². The molecule has 0 atom stereocenters. The molecule has 1 N–H and O–H groups in total. The summed E-state index contributed by atoms with van der Waals surface area (Å²) in [5, 5.41) is 9.75. The molecule has 0 aromatic rings. The van der Waals surface area contributed by atoms with Gasteiger partial charge in [-0.15, -0.1) is 0 Å². The molecule has 0 aromatic heterocycles. The molecule has 0 unspecified atom stereocenters. The smallest absolute Gasteiger partial charge is 0.330 e. The summed E-state index contributed by atoms with van der Waals surface area (Å²) in [6, 6.07) is 0. The molecule has 0 heterocycles. The maximum absolute atomic E-state index is 10.9. The lowest BCUT2D eigenvalue weighted by atomic mass is 9.97. The van der Waals surface area contributed by atoms with Crippen molar-refractivity contribution in [2.45, 2.75) is 39.2 Å². The Labute approximate surface area is 79.4 Å². The van der Waals surface area contributed by atoms with Crippen molar-refractivity contribution in [3.05, 3.63) is 12.2 Å². The van der Waals surface area contributed by atoms with Crippen LogP contribution in [0.25, 0.3) is 0 Å². The predicted octanol–water partition coefficient (Wildman–Crippen LogP) is 1.66. The maximum Gasteiger partial charge on any atom is 0.330 e. The van der Waals surface area contributed by atoms with E-state index in [2.05, 4.69) is 4.74 Å². The molecule has 0 rings (SSSR count). The van der Waals surface area contributed by atoms with E-state index in [4.69, 9.17) is 0 Å². The number of esters is 1. The Morgan fingerprint density at radius 3 is 2.31 bits per heavy atom. The zero-order chi connectivity index (χ0) is 10.3. The van der Waals surface area contributed by atoms with Gasteiger partial charge in [0.2, 0.25) is 0 Å². The Bertz CT molecular complexity index is 181. The number of rotatable bonds is 5. The van der Waals surface area contributed by atoms with Crippen molar-refractivity contribution in [3.8, 4) is 0 Å². The molecule has 0 fully saturated rings. The Morgan fingerprint density at radius 2 is 1.92 bits per heavy atom. The fourth-order valence-corrected chi connectivity index (χ4v) is 0.899. The minimum atomic E-state index is -0.868. The van der Waals surface area contributed by atoms with Gasteiger partial charge in [0.15, 0.2) is 0 Å². The second kappa shape index (κ2) is 5.75. The van der Waals surface area contributed by atoms with Crippen molar-refractivity contribution in [2.75, 3.05) is 6.61 Å². The Kier molecular flexibility index (Phi) is 5.39. The summed E-state index contributed by atoms with van der Waals surface area (Å²) >= 11 is 0. The highest BCUT2D eigenvalue weighted by molar-refractivity contribution is 5.82. The molecule has 0 saturated carbocycles. The first kappa shape index (κ1) is 12.2. The molecule has 13 heavy (non-hydrogen) atoms. The van der Waals surface area contributed by atoms with Crippen LogP contribution >= 0.6 is 0 Å². The number of hydrogen-bond acceptors (Lipinski definition) is 3. The molecular weight excluding hydrogens is 168 g/mol. The number of carbonyl (C=O) groups excluding carboxylic acids is 1.